The number of carbonyl (C=O) groups excluding carboxylic acids is 1. The number of ether oxygens (including phenoxy) is 1. The summed E-state index contributed by atoms with van der Waals surface area (Å²) >= 11 is 3.36. The first-order valence-corrected chi connectivity index (χ1v) is 6.05. The number of methoxy groups -OCH3 is 1. The number of pyridine rings is 1. The molecular weight excluding hydrogens is 332 g/mol. The fourth-order valence-corrected chi connectivity index (χ4v) is 1.99. The number of rotatable bonds is 3. The summed E-state index contributed by atoms with van der Waals surface area (Å²) in [6, 6.07) is 8.77. The van der Waals surface area contributed by atoms with Crippen molar-refractivity contribution in [2.45, 2.75) is 0 Å². The van der Waals surface area contributed by atoms with Crippen LogP contribution in [0.5, 0.6) is 5.75 Å². The summed E-state index contributed by atoms with van der Waals surface area (Å²) in [7, 11) is 1.59. The maximum Gasteiger partial charge on any atom is 0.257 e. The van der Waals surface area contributed by atoms with Gasteiger partial charge in [0, 0.05) is 18.1 Å². The molecule has 0 aliphatic rings. The average molecular weight is 344 g/mol. The van der Waals surface area contributed by atoms with Crippen molar-refractivity contribution in [3.63, 3.8) is 0 Å². The summed E-state index contributed by atoms with van der Waals surface area (Å²) in [5.41, 5.74) is 1.21. The Kier molecular flexibility index (Phi) is 5.79. The molecule has 0 spiro atoms. The Hall–Kier alpha value is -1.59. The van der Waals surface area contributed by atoms with Crippen LogP contribution in [0.3, 0.4) is 0 Å². The Bertz CT molecular complexity index is 564. The maximum absolute atomic E-state index is 11.9. The van der Waals surface area contributed by atoms with Crippen LogP contribution in [0.25, 0.3) is 0 Å². The van der Waals surface area contributed by atoms with E-state index in [1.165, 1.54) is 6.20 Å². The lowest BCUT2D eigenvalue weighted by Gasteiger charge is -2.08. The number of benzene rings is 1. The highest BCUT2D eigenvalue weighted by molar-refractivity contribution is 9.10. The number of halogens is 2. The number of hydrogen-bond acceptors (Lipinski definition) is 3. The second-order valence-corrected chi connectivity index (χ2v) is 4.40. The topological polar surface area (TPSA) is 51.2 Å². The monoisotopic (exact) mass is 342 g/mol. The zero-order chi connectivity index (χ0) is 13.0. The van der Waals surface area contributed by atoms with Gasteiger partial charge in [0.15, 0.2) is 0 Å². The Labute approximate surface area is 125 Å². The van der Waals surface area contributed by atoms with Crippen LogP contribution in [0.15, 0.2) is 47.2 Å². The molecule has 2 rings (SSSR count). The average Bonchev–Trinajstić information content (AvgIpc) is 2.40. The molecule has 0 unspecified atom stereocenters. The third kappa shape index (κ3) is 3.94. The number of nitrogens with zero attached hydrogens (tertiary/aromatic N) is 1. The van der Waals surface area contributed by atoms with Gasteiger partial charge in [0.2, 0.25) is 0 Å². The van der Waals surface area contributed by atoms with Crippen molar-refractivity contribution in [1.29, 1.82) is 0 Å². The predicted molar refractivity (Wildman–Crippen MR) is 80.1 cm³/mol. The molecule has 0 bridgehead atoms. The molecule has 6 heteroatoms. The van der Waals surface area contributed by atoms with Gasteiger partial charge in [0.05, 0.1) is 17.1 Å². The lowest BCUT2D eigenvalue weighted by molar-refractivity contribution is 0.102. The van der Waals surface area contributed by atoms with E-state index in [2.05, 4.69) is 26.2 Å². The van der Waals surface area contributed by atoms with Gasteiger partial charge >= 0.3 is 0 Å². The third-order valence-corrected chi connectivity index (χ3v) is 2.95. The standard InChI is InChI=1S/C13H11BrN2O2.ClH/c1-18-12-5-4-10(7-11(12)14)16-13(17)9-3-2-6-15-8-9;/h2-8H,1H3,(H,16,17);1H. The normalized spacial score (nSPS) is 9.37. The van der Waals surface area contributed by atoms with Crippen LogP contribution in [-0.4, -0.2) is 18.0 Å². The summed E-state index contributed by atoms with van der Waals surface area (Å²) in [5.74, 6) is 0.523. The molecule has 0 aliphatic heterocycles. The summed E-state index contributed by atoms with van der Waals surface area (Å²) in [6.45, 7) is 0. The molecule has 1 heterocycles. The van der Waals surface area contributed by atoms with Crippen LogP contribution in [0, 0.1) is 0 Å². The Morgan fingerprint density at radius 2 is 2.16 bits per heavy atom. The van der Waals surface area contributed by atoms with E-state index < -0.39 is 0 Å². The molecule has 1 aromatic carbocycles. The van der Waals surface area contributed by atoms with Crippen molar-refractivity contribution in [3.05, 3.63) is 52.8 Å². The fourth-order valence-electron chi connectivity index (χ4n) is 1.44. The second kappa shape index (κ2) is 7.11. The second-order valence-electron chi connectivity index (χ2n) is 3.55. The van der Waals surface area contributed by atoms with E-state index in [0.29, 0.717) is 11.3 Å². The van der Waals surface area contributed by atoms with E-state index in [1.807, 2.05) is 0 Å². The van der Waals surface area contributed by atoms with Crippen molar-refractivity contribution in [2.75, 3.05) is 12.4 Å². The molecule has 100 valence electrons. The highest BCUT2D eigenvalue weighted by Gasteiger charge is 2.07. The highest BCUT2D eigenvalue weighted by Crippen LogP contribution is 2.27. The maximum atomic E-state index is 11.9. The minimum Gasteiger partial charge on any atom is -0.496 e. The largest absolute Gasteiger partial charge is 0.496 e. The molecular formula is C13H12BrClN2O2. The van der Waals surface area contributed by atoms with Gasteiger partial charge in [-0.25, -0.2) is 0 Å². The summed E-state index contributed by atoms with van der Waals surface area (Å²) in [5, 5.41) is 2.79. The number of nitrogens with one attached hydrogen (secondary N) is 1. The van der Waals surface area contributed by atoms with Gasteiger partial charge in [-0.2, -0.15) is 0 Å². The van der Waals surface area contributed by atoms with E-state index in [-0.39, 0.29) is 18.3 Å². The van der Waals surface area contributed by atoms with Crippen molar-refractivity contribution >= 4 is 39.9 Å². The van der Waals surface area contributed by atoms with E-state index in [0.717, 1.165) is 10.2 Å². The van der Waals surface area contributed by atoms with Crippen molar-refractivity contribution in [1.82, 2.24) is 4.98 Å². The van der Waals surface area contributed by atoms with Crippen LogP contribution in [0.4, 0.5) is 5.69 Å². The van der Waals surface area contributed by atoms with Crippen LogP contribution in [-0.2, 0) is 0 Å². The molecule has 1 N–H and O–H groups in total. The highest BCUT2D eigenvalue weighted by atomic mass is 79.9. The van der Waals surface area contributed by atoms with Crippen LogP contribution in [0.1, 0.15) is 10.4 Å². The third-order valence-electron chi connectivity index (χ3n) is 2.33. The van der Waals surface area contributed by atoms with Crippen LogP contribution in [0.2, 0.25) is 0 Å². The molecule has 0 radical (unpaired) electrons. The van der Waals surface area contributed by atoms with Gasteiger partial charge in [0.25, 0.3) is 5.91 Å². The fraction of sp³-hybridized carbons (Fsp3) is 0.0769. The first kappa shape index (κ1) is 15.5. The molecule has 19 heavy (non-hydrogen) atoms. The first-order valence-electron chi connectivity index (χ1n) is 5.25. The van der Waals surface area contributed by atoms with E-state index in [4.69, 9.17) is 4.74 Å². The van der Waals surface area contributed by atoms with Crippen LogP contribution < -0.4 is 10.1 Å². The number of anilines is 1. The summed E-state index contributed by atoms with van der Waals surface area (Å²) in [6.07, 6.45) is 3.15. The Morgan fingerprint density at radius 3 is 2.74 bits per heavy atom. The smallest absolute Gasteiger partial charge is 0.257 e. The molecule has 4 nitrogen and oxygen atoms in total. The summed E-state index contributed by atoms with van der Waals surface area (Å²) < 4.78 is 5.91. The van der Waals surface area contributed by atoms with E-state index in [1.54, 1.807) is 43.6 Å². The van der Waals surface area contributed by atoms with Crippen molar-refractivity contribution in [2.24, 2.45) is 0 Å². The molecule has 0 atom stereocenters. The SMILES string of the molecule is COc1ccc(NC(=O)c2cccnc2)cc1Br.Cl. The molecule has 0 fully saturated rings. The lowest BCUT2D eigenvalue weighted by atomic mass is 10.2. The van der Waals surface area contributed by atoms with Gasteiger partial charge in [-0.05, 0) is 46.3 Å². The number of carbonyl (C=O) groups is 1. The quantitative estimate of drug-likeness (QED) is 0.927. The first-order chi connectivity index (χ1) is 8.70. The molecule has 0 saturated carbocycles. The van der Waals surface area contributed by atoms with Crippen molar-refractivity contribution in [3.8, 4) is 5.75 Å². The molecule has 0 aliphatic carbocycles. The van der Waals surface area contributed by atoms with E-state index >= 15 is 0 Å². The number of hydrogen-bond donors (Lipinski definition) is 1. The summed E-state index contributed by atoms with van der Waals surface area (Å²) in [4.78, 5) is 15.8. The van der Waals surface area contributed by atoms with Gasteiger partial charge in [0.1, 0.15) is 5.75 Å². The van der Waals surface area contributed by atoms with Crippen molar-refractivity contribution < 1.29 is 9.53 Å². The van der Waals surface area contributed by atoms with Gasteiger partial charge < -0.3 is 10.1 Å². The Balaban J connectivity index is 0.00000180. The van der Waals surface area contributed by atoms with Gasteiger partial charge in [-0.1, -0.05) is 0 Å². The zero-order valence-corrected chi connectivity index (χ0v) is 12.5. The van der Waals surface area contributed by atoms with E-state index in [9.17, 15) is 4.79 Å². The minimum atomic E-state index is -0.194. The molecule has 1 amide bonds. The zero-order valence-electron chi connectivity index (χ0n) is 10.1. The molecule has 2 aromatic rings. The lowest BCUT2D eigenvalue weighted by Crippen LogP contribution is -2.11. The van der Waals surface area contributed by atoms with Gasteiger partial charge in [-0.3, -0.25) is 9.78 Å². The number of amides is 1. The minimum absolute atomic E-state index is 0. The molecule has 0 saturated heterocycles. The van der Waals surface area contributed by atoms with Gasteiger partial charge in [-0.15, -0.1) is 12.4 Å². The predicted octanol–water partition coefficient (Wildman–Crippen LogP) is 3.53. The number of aromatic nitrogens is 1. The Morgan fingerprint density at radius 1 is 1.37 bits per heavy atom. The molecule has 1 aromatic heterocycles. The van der Waals surface area contributed by atoms with Crippen LogP contribution >= 0.6 is 28.3 Å².